The van der Waals surface area contributed by atoms with E-state index in [1.165, 1.54) is 0 Å². The summed E-state index contributed by atoms with van der Waals surface area (Å²) in [6.45, 7) is 0.309. The maximum Gasteiger partial charge on any atom is 0.271 e. The molecular formula is C11H10ClFN2O5S. The average Bonchev–Trinajstić information content (AvgIpc) is 3.18. The van der Waals surface area contributed by atoms with Crippen LogP contribution in [-0.4, -0.2) is 25.8 Å². The standard InChI is InChI=1S/C11H10ClFN2O5S/c12-21(19,20)9-4-7(15(17)18)3-8(10(9)13)11(16)14-5-6-1-2-6/h3-4,6H,1-2,5H2,(H,14,16). The number of nitro benzene ring substituents is 1. The topological polar surface area (TPSA) is 106 Å². The number of hydrogen-bond acceptors (Lipinski definition) is 5. The third kappa shape index (κ3) is 3.67. The van der Waals surface area contributed by atoms with Gasteiger partial charge in [0.05, 0.1) is 10.5 Å². The van der Waals surface area contributed by atoms with Crippen LogP contribution in [0.15, 0.2) is 17.0 Å². The minimum Gasteiger partial charge on any atom is -0.352 e. The van der Waals surface area contributed by atoms with E-state index in [9.17, 15) is 27.7 Å². The van der Waals surface area contributed by atoms with E-state index in [-0.39, 0.29) is 0 Å². The van der Waals surface area contributed by atoms with Crippen LogP contribution in [0.1, 0.15) is 23.2 Å². The smallest absolute Gasteiger partial charge is 0.271 e. The highest BCUT2D eigenvalue weighted by atomic mass is 35.7. The Morgan fingerprint density at radius 2 is 2.10 bits per heavy atom. The van der Waals surface area contributed by atoms with Crippen molar-refractivity contribution in [3.8, 4) is 0 Å². The summed E-state index contributed by atoms with van der Waals surface area (Å²) in [6.07, 6.45) is 1.89. The minimum absolute atomic E-state index is 0.309. The predicted octanol–water partition coefficient (Wildman–Crippen LogP) is 1.80. The normalized spacial score (nSPS) is 14.8. The van der Waals surface area contributed by atoms with Crippen LogP contribution in [0.25, 0.3) is 0 Å². The summed E-state index contributed by atoms with van der Waals surface area (Å²) >= 11 is 0. The van der Waals surface area contributed by atoms with Crippen molar-refractivity contribution in [3.63, 3.8) is 0 Å². The highest BCUT2D eigenvalue weighted by Crippen LogP contribution is 2.29. The van der Waals surface area contributed by atoms with Gasteiger partial charge in [-0.2, -0.15) is 0 Å². The molecular weight excluding hydrogens is 327 g/mol. The maximum absolute atomic E-state index is 14.1. The number of carbonyl (C=O) groups excluding carboxylic acids is 1. The first-order valence-corrected chi connectivity index (χ1v) is 8.22. The first-order chi connectivity index (χ1) is 9.70. The van der Waals surface area contributed by atoms with E-state index in [0.29, 0.717) is 24.6 Å². The lowest BCUT2D eigenvalue weighted by molar-refractivity contribution is -0.385. The number of hydrogen-bond donors (Lipinski definition) is 1. The molecule has 0 aromatic heterocycles. The van der Waals surface area contributed by atoms with Gasteiger partial charge in [0.15, 0.2) is 5.82 Å². The predicted molar refractivity (Wildman–Crippen MR) is 71.2 cm³/mol. The summed E-state index contributed by atoms with van der Waals surface area (Å²) in [7, 11) is 0.481. The van der Waals surface area contributed by atoms with Gasteiger partial charge in [0, 0.05) is 29.4 Å². The quantitative estimate of drug-likeness (QED) is 0.501. The first-order valence-electron chi connectivity index (χ1n) is 5.91. The molecule has 0 bridgehead atoms. The molecule has 1 saturated carbocycles. The third-order valence-corrected chi connectivity index (χ3v) is 4.31. The van der Waals surface area contributed by atoms with E-state index >= 15 is 0 Å². The van der Waals surface area contributed by atoms with Gasteiger partial charge >= 0.3 is 0 Å². The second kappa shape index (κ2) is 5.57. The van der Waals surface area contributed by atoms with Crippen molar-refractivity contribution in [1.29, 1.82) is 0 Å². The van der Waals surface area contributed by atoms with Crippen LogP contribution in [0.4, 0.5) is 10.1 Å². The van der Waals surface area contributed by atoms with Gasteiger partial charge in [0.1, 0.15) is 4.90 Å². The van der Waals surface area contributed by atoms with Crippen molar-refractivity contribution >= 4 is 31.3 Å². The Hall–Kier alpha value is -1.74. The van der Waals surface area contributed by atoms with E-state index < -0.39 is 41.8 Å². The Labute approximate surface area is 123 Å². The van der Waals surface area contributed by atoms with Crippen molar-refractivity contribution in [3.05, 3.63) is 33.6 Å². The number of rotatable bonds is 5. The average molecular weight is 337 g/mol. The van der Waals surface area contributed by atoms with E-state index in [2.05, 4.69) is 5.32 Å². The van der Waals surface area contributed by atoms with Gasteiger partial charge < -0.3 is 5.32 Å². The molecule has 1 aromatic rings. The molecule has 1 aromatic carbocycles. The summed E-state index contributed by atoms with van der Waals surface area (Å²) in [5, 5.41) is 13.2. The van der Waals surface area contributed by atoms with Crippen LogP contribution in [0, 0.1) is 21.8 Å². The Morgan fingerprint density at radius 3 is 2.57 bits per heavy atom. The molecule has 114 valence electrons. The number of nitro groups is 1. The number of amides is 1. The number of nitrogens with zero attached hydrogens (tertiary/aromatic N) is 1. The number of nitrogens with one attached hydrogen (secondary N) is 1. The largest absolute Gasteiger partial charge is 0.352 e. The molecule has 0 spiro atoms. The molecule has 21 heavy (non-hydrogen) atoms. The number of non-ortho nitro benzene ring substituents is 1. The fraction of sp³-hybridized carbons (Fsp3) is 0.364. The molecule has 1 aliphatic carbocycles. The lowest BCUT2D eigenvalue weighted by atomic mass is 10.1. The van der Waals surface area contributed by atoms with Crippen LogP contribution < -0.4 is 5.32 Å². The van der Waals surface area contributed by atoms with Gasteiger partial charge in [-0.1, -0.05) is 0 Å². The zero-order valence-corrected chi connectivity index (χ0v) is 12.1. The van der Waals surface area contributed by atoms with E-state index in [1.807, 2.05) is 0 Å². The van der Waals surface area contributed by atoms with E-state index in [0.717, 1.165) is 12.8 Å². The second-order valence-electron chi connectivity index (χ2n) is 4.65. The maximum atomic E-state index is 14.1. The summed E-state index contributed by atoms with van der Waals surface area (Å²) in [6, 6.07) is 1.17. The first kappa shape index (κ1) is 15.6. The van der Waals surface area contributed by atoms with Crippen LogP contribution >= 0.6 is 10.7 Å². The lowest BCUT2D eigenvalue weighted by Gasteiger charge is -2.07. The van der Waals surface area contributed by atoms with Crippen LogP contribution in [-0.2, 0) is 9.05 Å². The van der Waals surface area contributed by atoms with Crippen LogP contribution in [0.2, 0.25) is 0 Å². The molecule has 0 radical (unpaired) electrons. The number of halogens is 2. The lowest BCUT2D eigenvalue weighted by Crippen LogP contribution is -2.27. The number of benzene rings is 1. The van der Waals surface area contributed by atoms with Crippen molar-refractivity contribution in [1.82, 2.24) is 5.32 Å². The molecule has 0 aliphatic heterocycles. The summed E-state index contributed by atoms with van der Waals surface area (Å²) in [5.74, 6) is -2.00. The van der Waals surface area contributed by atoms with Gasteiger partial charge in [-0.05, 0) is 18.8 Å². The van der Waals surface area contributed by atoms with Crippen molar-refractivity contribution in [2.24, 2.45) is 5.92 Å². The van der Waals surface area contributed by atoms with Crippen LogP contribution in [0.3, 0.4) is 0 Å². The summed E-state index contributed by atoms with van der Waals surface area (Å²) in [4.78, 5) is 20.6. The van der Waals surface area contributed by atoms with Crippen molar-refractivity contribution in [2.75, 3.05) is 6.54 Å². The van der Waals surface area contributed by atoms with E-state index in [1.54, 1.807) is 0 Å². The minimum atomic E-state index is -4.55. The molecule has 10 heteroatoms. The highest BCUT2D eigenvalue weighted by molar-refractivity contribution is 8.13. The molecule has 1 fully saturated rings. The molecule has 1 amide bonds. The highest BCUT2D eigenvalue weighted by Gasteiger charge is 2.28. The van der Waals surface area contributed by atoms with Gasteiger partial charge in [0.2, 0.25) is 0 Å². The Bertz CT molecular complexity index is 718. The second-order valence-corrected chi connectivity index (χ2v) is 7.19. The van der Waals surface area contributed by atoms with Crippen molar-refractivity contribution in [2.45, 2.75) is 17.7 Å². The molecule has 7 nitrogen and oxygen atoms in total. The SMILES string of the molecule is O=C(NCC1CC1)c1cc([N+](=O)[O-])cc(S(=O)(=O)Cl)c1F. The molecule has 0 saturated heterocycles. The molecule has 0 unspecified atom stereocenters. The third-order valence-electron chi connectivity index (χ3n) is 2.99. The fourth-order valence-corrected chi connectivity index (χ4v) is 2.61. The van der Waals surface area contributed by atoms with Gasteiger partial charge in [0.25, 0.3) is 20.6 Å². The number of carbonyl (C=O) groups is 1. The summed E-state index contributed by atoms with van der Waals surface area (Å²) in [5.41, 5.74) is -1.45. The van der Waals surface area contributed by atoms with Gasteiger partial charge in [-0.15, -0.1) is 0 Å². The molecule has 0 atom stereocenters. The van der Waals surface area contributed by atoms with Gasteiger partial charge in [-0.25, -0.2) is 12.8 Å². The molecule has 1 aliphatic rings. The zero-order valence-electron chi connectivity index (χ0n) is 10.5. The molecule has 0 heterocycles. The van der Waals surface area contributed by atoms with E-state index in [4.69, 9.17) is 10.7 Å². The fourth-order valence-electron chi connectivity index (χ4n) is 1.69. The van der Waals surface area contributed by atoms with Gasteiger partial charge in [-0.3, -0.25) is 14.9 Å². The summed E-state index contributed by atoms with van der Waals surface area (Å²) < 4.78 is 36.6. The monoisotopic (exact) mass is 336 g/mol. The van der Waals surface area contributed by atoms with Crippen LogP contribution in [0.5, 0.6) is 0 Å². The van der Waals surface area contributed by atoms with Crippen molar-refractivity contribution < 1.29 is 22.5 Å². The Balaban J connectivity index is 2.44. The Morgan fingerprint density at radius 1 is 1.48 bits per heavy atom. The Kier molecular flexibility index (Phi) is 4.15. The zero-order chi connectivity index (χ0) is 15.8. The molecule has 2 rings (SSSR count). The molecule has 1 N–H and O–H groups in total.